The molecule has 25 heavy (non-hydrogen) atoms. The Morgan fingerprint density at radius 3 is 2.12 bits per heavy atom. The zero-order chi connectivity index (χ0) is 18.8. The van der Waals surface area contributed by atoms with E-state index in [1.54, 1.807) is 27.7 Å². The molecule has 0 aliphatic heterocycles. The Labute approximate surface area is 148 Å². The molecule has 0 saturated heterocycles. The predicted molar refractivity (Wildman–Crippen MR) is 97.1 cm³/mol. The molecular formula is C21H26O4. The average molecular weight is 342 g/mol. The minimum atomic E-state index is -1.04. The second-order valence-corrected chi connectivity index (χ2v) is 7.32. The molecule has 1 unspecified atom stereocenters. The van der Waals surface area contributed by atoms with Crippen molar-refractivity contribution in [2.24, 2.45) is 0 Å². The Morgan fingerprint density at radius 2 is 1.56 bits per heavy atom. The van der Waals surface area contributed by atoms with Crippen molar-refractivity contribution in [3.63, 3.8) is 0 Å². The first-order valence-corrected chi connectivity index (χ1v) is 8.56. The molecule has 0 bridgehead atoms. The monoisotopic (exact) mass is 342 g/mol. The fraction of sp³-hybridized carbons (Fsp3) is 0.429. The summed E-state index contributed by atoms with van der Waals surface area (Å²) in [7, 11) is 0. The van der Waals surface area contributed by atoms with E-state index in [2.05, 4.69) is 0 Å². The molecule has 0 heterocycles. The highest BCUT2D eigenvalue weighted by Gasteiger charge is 2.34. The first-order valence-electron chi connectivity index (χ1n) is 8.56. The average Bonchev–Trinajstić information content (AvgIpc) is 2.54. The molecule has 0 spiro atoms. The first kappa shape index (κ1) is 19.3. The van der Waals surface area contributed by atoms with E-state index in [1.807, 2.05) is 30.3 Å². The maximum atomic E-state index is 12.8. The highest BCUT2D eigenvalue weighted by Crippen LogP contribution is 2.31. The van der Waals surface area contributed by atoms with Crippen molar-refractivity contribution in [1.29, 1.82) is 0 Å². The summed E-state index contributed by atoms with van der Waals surface area (Å²) in [5, 5.41) is 20.7. The SMILES string of the molecule is CC1=C(C)C(=O)C(C(O)Cc2ccccc2)=C(CCC(C)(C)O)C1=O. The van der Waals surface area contributed by atoms with Gasteiger partial charge in [0.05, 0.1) is 11.7 Å². The van der Waals surface area contributed by atoms with E-state index in [0.29, 0.717) is 23.1 Å². The van der Waals surface area contributed by atoms with Crippen LogP contribution in [0.15, 0.2) is 52.6 Å². The maximum absolute atomic E-state index is 12.8. The molecule has 4 nitrogen and oxygen atoms in total. The predicted octanol–water partition coefficient (Wildman–Crippen LogP) is 2.93. The van der Waals surface area contributed by atoms with Crippen LogP contribution in [0.2, 0.25) is 0 Å². The standard InChI is InChI=1S/C21H26O4/c1-13-14(2)20(24)18(16(19(13)23)10-11-21(3,4)25)17(22)12-15-8-6-5-7-9-15/h5-9,17,22,25H,10-12H2,1-4H3. The summed E-state index contributed by atoms with van der Waals surface area (Å²) >= 11 is 0. The molecule has 2 N–H and O–H groups in total. The number of carbonyl (C=O) groups is 2. The van der Waals surface area contributed by atoms with E-state index in [0.717, 1.165) is 5.56 Å². The minimum absolute atomic E-state index is 0.182. The molecule has 2 rings (SSSR count). The van der Waals surface area contributed by atoms with Crippen molar-refractivity contribution in [1.82, 2.24) is 0 Å². The first-order chi connectivity index (χ1) is 11.6. The summed E-state index contributed by atoms with van der Waals surface area (Å²) in [5.74, 6) is -0.477. The largest absolute Gasteiger partial charge is 0.390 e. The number of rotatable bonds is 6. The Bertz CT molecular complexity index is 733. The number of carbonyl (C=O) groups excluding carboxylic acids is 2. The highest BCUT2D eigenvalue weighted by molar-refractivity contribution is 6.25. The normalized spacial score (nSPS) is 17.4. The van der Waals surface area contributed by atoms with Crippen LogP contribution in [-0.2, 0) is 16.0 Å². The van der Waals surface area contributed by atoms with Crippen LogP contribution in [0.5, 0.6) is 0 Å². The molecule has 0 fully saturated rings. The number of aliphatic hydroxyl groups excluding tert-OH is 1. The van der Waals surface area contributed by atoms with Crippen LogP contribution in [0.1, 0.15) is 46.1 Å². The van der Waals surface area contributed by atoms with Crippen LogP contribution in [0.4, 0.5) is 0 Å². The van der Waals surface area contributed by atoms with Gasteiger partial charge in [0.25, 0.3) is 0 Å². The van der Waals surface area contributed by atoms with Crippen LogP contribution >= 0.6 is 0 Å². The van der Waals surface area contributed by atoms with Gasteiger partial charge in [-0.3, -0.25) is 9.59 Å². The Hall–Kier alpha value is -2.04. The maximum Gasteiger partial charge on any atom is 0.188 e. The van der Waals surface area contributed by atoms with Gasteiger partial charge in [-0.25, -0.2) is 0 Å². The van der Waals surface area contributed by atoms with Crippen molar-refractivity contribution in [2.45, 2.75) is 58.7 Å². The molecule has 0 saturated carbocycles. The smallest absolute Gasteiger partial charge is 0.188 e. The zero-order valence-corrected chi connectivity index (χ0v) is 15.3. The number of hydrogen-bond acceptors (Lipinski definition) is 4. The lowest BCUT2D eigenvalue weighted by atomic mass is 9.79. The topological polar surface area (TPSA) is 74.6 Å². The number of Topliss-reactive ketones (excluding diaryl/α,β-unsaturated/α-hetero) is 2. The van der Waals surface area contributed by atoms with Crippen LogP contribution in [0.3, 0.4) is 0 Å². The molecule has 0 amide bonds. The van der Waals surface area contributed by atoms with Crippen molar-refractivity contribution >= 4 is 11.6 Å². The third-order valence-electron chi connectivity index (χ3n) is 4.68. The molecule has 1 aromatic rings. The molecule has 1 aromatic carbocycles. The van der Waals surface area contributed by atoms with Crippen molar-refractivity contribution in [2.75, 3.05) is 0 Å². The van der Waals surface area contributed by atoms with Crippen LogP contribution in [0, 0.1) is 0 Å². The van der Waals surface area contributed by atoms with Crippen LogP contribution in [-0.4, -0.2) is 33.5 Å². The Balaban J connectivity index is 2.39. The number of ketones is 2. The third-order valence-corrected chi connectivity index (χ3v) is 4.68. The molecule has 1 atom stereocenters. The number of benzene rings is 1. The van der Waals surface area contributed by atoms with Crippen molar-refractivity contribution in [3.8, 4) is 0 Å². The van der Waals surface area contributed by atoms with E-state index in [9.17, 15) is 19.8 Å². The van der Waals surface area contributed by atoms with Crippen molar-refractivity contribution < 1.29 is 19.8 Å². The van der Waals surface area contributed by atoms with Gasteiger partial charge < -0.3 is 10.2 Å². The van der Waals surface area contributed by atoms with Gasteiger partial charge in [-0.15, -0.1) is 0 Å². The van der Waals surface area contributed by atoms with Gasteiger partial charge in [0.1, 0.15) is 0 Å². The molecular weight excluding hydrogens is 316 g/mol. The van der Waals surface area contributed by atoms with E-state index < -0.39 is 11.7 Å². The fourth-order valence-corrected chi connectivity index (χ4v) is 3.00. The molecule has 0 aromatic heterocycles. The van der Waals surface area contributed by atoms with E-state index in [4.69, 9.17) is 0 Å². The number of allylic oxidation sites excluding steroid dienone is 3. The molecule has 0 radical (unpaired) electrons. The van der Waals surface area contributed by atoms with Crippen molar-refractivity contribution in [3.05, 3.63) is 58.2 Å². The van der Waals surface area contributed by atoms with Gasteiger partial charge in [0.2, 0.25) is 0 Å². The lowest BCUT2D eigenvalue weighted by molar-refractivity contribution is -0.117. The molecule has 4 heteroatoms. The molecule has 1 aliphatic rings. The van der Waals surface area contributed by atoms with Gasteiger partial charge >= 0.3 is 0 Å². The second-order valence-electron chi connectivity index (χ2n) is 7.32. The molecule has 1 aliphatic carbocycles. The lowest BCUT2D eigenvalue weighted by Crippen LogP contribution is -2.31. The van der Waals surface area contributed by atoms with E-state index in [1.165, 1.54) is 0 Å². The Kier molecular flexibility index (Phi) is 5.76. The summed E-state index contributed by atoms with van der Waals surface area (Å²) in [4.78, 5) is 25.5. The lowest BCUT2D eigenvalue weighted by Gasteiger charge is -2.26. The second kappa shape index (κ2) is 7.46. The van der Waals surface area contributed by atoms with Gasteiger partial charge in [-0.05, 0) is 46.1 Å². The summed E-state index contributed by atoms with van der Waals surface area (Å²) in [6.45, 7) is 6.59. The van der Waals surface area contributed by atoms with Crippen LogP contribution in [0.25, 0.3) is 0 Å². The number of hydrogen-bond donors (Lipinski definition) is 2. The van der Waals surface area contributed by atoms with E-state index >= 15 is 0 Å². The summed E-state index contributed by atoms with van der Waals surface area (Å²) in [5.41, 5.74) is 1.27. The number of aliphatic hydroxyl groups is 2. The van der Waals surface area contributed by atoms with Gasteiger partial charge in [-0.2, -0.15) is 0 Å². The van der Waals surface area contributed by atoms with Gasteiger partial charge in [0, 0.05) is 28.7 Å². The van der Waals surface area contributed by atoms with Gasteiger partial charge in [-0.1, -0.05) is 30.3 Å². The summed E-state index contributed by atoms with van der Waals surface area (Å²) < 4.78 is 0. The highest BCUT2D eigenvalue weighted by atomic mass is 16.3. The summed E-state index contributed by atoms with van der Waals surface area (Å²) in [6, 6.07) is 9.38. The summed E-state index contributed by atoms with van der Waals surface area (Å²) in [6.07, 6.45) is -0.165. The van der Waals surface area contributed by atoms with Gasteiger partial charge in [0.15, 0.2) is 11.6 Å². The van der Waals surface area contributed by atoms with E-state index in [-0.39, 0.29) is 30.0 Å². The quantitative estimate of drug-likeness (QED) is 0.780. The Morgan fingerprint density at radius 1 is 1.00 bits per heavy atom. The minimum Gasteiger partial charge on any atom is -0.390 e. The third kappa shape index (κ3) is 4.53. The van der Waals surface area contributed by atoms with Crippen LogP contribution < -0.4 is 0 Å². The molecule has 134 valence electrons. The fourth-order valence-electron chi connectivity index (χ4n) is 3.00. The zero-order valence-electron chi connectivity index (χ0n) is 15.3.